The molecule has 0 unspecified atom stereocenters. The minimum absolute atomic E-state index is 0.123. The van der Waals surface area contributed by atoms with Crippen LogP contribution in [0.2, 0.25) is 0 Å². The van der Waals surface area contributed by atoms with E-state index < -0.39 is 0 Å². The fourth-order valence-electron chi connectivity index (χ4n) is 1.81. The molecular weight excluding hydrogens is 252 g/mol. The highest BCUT2D eigenvalue weighted by atomic mass is 16.5. The summed E-state index contributed by atoms with van der Waals surface area (Å²) >= 11 is 0. The highest BCUT2D eigenvalue weighted by Crippen LogP contribution is 2.19. The molecule has 4 heteroatoms. The Bertz CT molecular complexity index is 430. The standard InChI is InChI=1S/C16H24N2O2/c1-4-16(19)17-11-7-8-12-20-15-10-6-5-9-14(15)13-18(2)3/h4-6,9-10H,1,7-8,11-13H2,2-3H3,(H,17,19). The van der Waals surface area contributed by atoms with Crippen LogP contribution in [0.5, 0.6) is 5.75 Å². The van der Waals surface area contributed by atoms with Gasteiger partial charge >= 0.3 is 0 Å². The Labute approximate surface area is 121 Å². The molecule has 1 amide bonds. The van der Waals surface area contributed by atoms with Crippen LogP contribution in [0, 0.1) is 0 Å². The predicted octanol–water partition coefficient (Wildman–Crippen LogP) is 2.21. The van der Waals surface area contributed by atoms with Crippen LogP contribution in [-0.4, -0.2) is 38.1 Å². The molecule has 4 nitrogen and oxygen atoms in total. The van der Waals surface area contributed by atoms with Crippen molar-refractivity contribution in [3.8, 4) is 5.75 Å². The van der Waals surface area contributed by atoms with Crippen molar-refractivity contribution in [1.29, 1.82) is 0 Å². The zero-order chi connectivity index (χ0) is 14.8. The third kappa shape index (κ3) is 6.38. The molecule has 20 heavy (non-hydrogen) atoms. The number of carbonyl (C=O) groups is 1. The molecule has 0 heterocycles. The highest BCUT2D eigenvalue weighted by molar-refractivity contribution is 5.86. The van der Waals surface area contributed by atoms with Gasteiger partial charge in [-0.05, 0) is 39.1 Å². The number of hydrogen-bond acceptors (Lipinski definition) is 3. The van der Waals surface area contributed by atoms with Crippen molar-refractivity contribution in [1.82, 2.24) is 10.2 Å². The molecule has 0 aliphatic heterocycles. The molecule has 0 atom stereocenters. The van der Waals surface area contributed by atoms with Gasteiger partial charge < -0.3 is 15.0 Å². The van der Waals surface area contributed by atoms with Crippen molar-refractivity contribution in [2.75, 3.05) is 27.2 Å². The molecule has 110 valence electrons. The first kappa shape index (κ1) is 16.2. The van der Waals surface area contributed by atoms with Gasteiger partial charge in [-0.3, -0.25) is 4.79 Å². The second-order valence-electron chi connectivity index (χ2n) is 4.90. The van der Waals surface area contributed by atoms with Gasteiger partial charge in [-0.25, -0.2) is 0 Å². The minimum Gasteiger partial charge on any atom is -0.493 e. The van der Waals surface area contributed by atoms with Crippen LogP contribution in [0.25, 0.3) is 0 Å². The number of nitrogens with one attached hydrogen (secondary N) is 1. The van der Waals surface area contributed by atoms with Gasteiger partial charge in [-0.2, -0.15) is 0 Å². The third-order valence-corrected chi connectivity index (χ3v) is 2.77. The van der Waals surface area contributed by atoms with E-state index >= 15 is 0 Å². The Kier molecular flexibility index (Phi) is 7.43. The Morgan fingerprint density at radius 3 is 2.80 bits per heavy atom. The van der Waals surface area contributed by atoms with Gasteiger partial charge in [0.05, 0.1) is 6.61 Å². The summed E-state index contributed by atoms with van der Waals surface area (Å²) < 4.78 is 5.81. The van der Waals surface area contributed by atoms with Gasteiger partial charge in [0.2, 0.25) is 5.91 Å². The van der Waals surface area contributed by atoms with Crippen LogP contribution < -0.4 is 10.1 Å². The van der Waals surface area contributed by atoms with Gasteiger partial charge in [-0.1, -0.05) is 24.8 Å². The van der Waals surface area contributed by atoms with E-state index in [1.165, 1.54) is 11.6 Å². The lowest BCUT2D eigenvalue weighted by Crippen LogP contribution is -2.22. The summed E-state index contributed by atoms with van der Waals surface area (Å²) in [4.78, 5) is 13.1. The smallest absolute Gasteiger partial charge is 0.243 e. The van der Waals surface area contributed by atoms with Crippen molar-refractivity contribution in [3.05, 3.63) is 42.5 Å². The lowest BCUT2D eigenvalue weighted by molar-refractivity contribution is -0.116. The second kappa shape index (κ2) is 9.15. The average molecular weight is 276 g/mol. The van der Waals surface area contributed by atoms with E-state index in [4.69, 9.17) is 4.74 Å². The maximum absolute atomic E-state index is 10.9. The van der Waals surface area contributed by atoms with Crippen LogP contribution in [-0.2, 0) is 11.3 Å². The van der Waals surface area contributed by atoms with E-state index in [0.717, 1.165) is 25.1 Å². The molecule has 1 rings (SSSR count). The molecular formula is C16H24N2O2. The Morgan fingerprint density at radius 2 is 2.10 bits per heavy atom. The SMILES string of the molecule is C=CC(=O)NCCCCOc1ccccc1CN(C)C. The lowest BCUT2D eigenvalue weighted by atomic mass is 10.2. The molecule has 0 aliphatic carbocycles. The summed E-state index contributed by atoms with van der Waals surface area (Å²) in [7, 11) is 4.08. The monoisotopic (exact) mass is 276 g/mol. The molecule has 1 aromatic rings. The molecule has 0 radical (unpaired) electrons. The largest absolute Gasteiger partial charge is 0.493 e. The van der Waals surface area contributed by atoms with E-state index in [0.29, 0.717) is 13.2 Å². The van der Waals surface area contributed by atoms with Crippen molar-refractivity contribution in [2.24, 2.45) is 0 Å². The quantitative estimate of drug-likeness (QED) is 0.555. The summed E-state index contributed by atoms with van der Waals surface area (Å²) in [6.07, 6.45) is 3.09. The first-order valence-corrected chi connectivity index (χ1v) is 6.89. The van der Waals surface area contributed by atoms with Gasteiger partial charge in [-0.15, -0.1) is 0 Å². The molecule has 0 aliphatic rings. The maximum Gasteiger partial charge on any atom is 0.243 e. The molecule has 0 spiro atoms. The van der Waals surface area contributed by atoms with E-state index in [2.05, 4.69) is 22.9 Å². The normalized spacial score (nSPS) is 10.3. The van der Waals surface area contributed by atoms with E-state index in [-0.39, 0.29) is 5.91 Å². The van der Waals surface area contributed by atoms with Crippen molar-refractivity contribution >= 4 is 5.91 Å². The van der Waals surface area contributed by atoms with Gasteiger partial charge in [0.1, 0.15) is 5.75 Å². The molecule has 0 aromatic heterocycles. The van der Waals surface area contributed by atoms with Crippen LogP contribution in [0.4, 0.5) is 0 Å². The molecule has 0 saturated carbocycles. The van der Waals surface area contributed by atoms with Crippen molar-refractivity contribution < 1.29 is 9.53 Å². The number of amides is 1. The van der Waals surface area contributed by atoms with Crippen LogP contribution in [0.1, 0.15) is 18.4 Å². The van der Waals surface area contributed by atoms with Crippen LogP contribution >= 0.6 is 0 Å². The van der Waals surface area contributed by atoms with E-state index in [1.807, 2.05) is 32.3 Å². The number of benzene rings is 1. The molecule has 1 aromatic carbocycles. The molecule has 1 N–H and O–H groups in total. The zero-order valence-electron chi connectivity index (χ0n) is 12.4. The Morgan fingerprint density at radius 1 is 1.35 bits per heavy atom. The number of unbranched alkanes of at least 4 members (excludes halogenated alkanes) is 1. The number of rotatable bonds is 9. The minimum atomic E-state index is -0.123. The van der Waals surface area contributed by atoms with Crippen LogP contribution in [0.15, 0.2) is 36.9 Å². The van der Waals surface area contributed by atoms with Crippen molar-refractivity contribution in [3.63, 3.8) is 0 Å². The summed E-state index contributed by atoms with van der Waals surface area (Å²) in [5, 5.41) is 2.75. The Balaban J connectivity index is 2.28. The van der Waals surface area contributed by atoms with Gasteiger partial charge in [0, 0.05) is 18.7 Å². The summed E-state index contributed by atoms with van der Waals surface area (Å²) in [5.74, 6) is 0.818. The van der Waals surface area contributed by atoms with Gasteiger partial charge in [0.15, 0.2) is 0 Å². The fourth-order valence-corrected chi connectivity index (χ4v) is 1.81. The number of hydrogen-bond donors (Lipinski definition) is 1. The second-order valence-corrected chi connectivity index (χ2v) is 4.90. The summed E-state index contributed by atoms with van der Waals surface area (Å²) in [6.45, 7) is 5.60. The Hall–Kier alpha value is -1.81. The number of carbonyl (C=O) groups excluding carboxylic acids is 1. The first-order valence-electron chi connectivity index (χ1n) is 6.89. The lowest BCUT2D eigenvalue weighted by Gasteiger charge is -2.14. The average Bonchev–Trinajstić information content (AvgIpc) is 2.43. The molecule has 0 bridgehead atoms. The van der Waals surface area contributed by atoms with E-state index in [1.54, 1.807) is 0 Å². The first-order chi connectivity index (χ1) is 9.63. The molecule has 0 saturated heterocycles. The topological polar surface area (TPSA) is 41.6 Å². The number of ether oxygens (including phenoxy) is 1. The number of nitrogens with zero attached hydrogens (tertiary/aromatic N) is 1. The predicted molar refractivity (Wildman–Crippen MR) is 81.8 cm³/mol. The maximum atomic E-state index is 10.9. The third-order valence-electron chi connectivity index (χ3n) is 2.77. The summed E-state index contributed by atoms with van der Waals surface area (Å²) in [5.41, 5.74) is 1.19. The van der Waals surface area contributed by atoms with Gasteiger partial charge in [0.25, 0.3) is 0 Å². The number of para-hydroxylation sites is 1. The van der Waals surface area contributed by atoms with E-state index in [9.17, 15) is 4.79 Å². The van der Waals surface area contributed by atoms with Crippen LogP contribution in [0.3, 0.4) is 0 Å². The fraction of sp³-hybridized carbons (Fsp3) is 0.438. The molecule has 0 fully saturated rings. The zero-order valence-corrected chi connectivity index (χ0v) is 12.4. The van der Waals surface area contributed by atoms with Crippen molar-refractivity contribution in [2.45, 2.75) is 19.4 Å². The highest BCUT2D eigenvalue weighted by Gasteiger charge is 2.03. The summed E-state index contributed by atoms with van der Waals surface area (Å²) in [6, 6.07) is 8.09.